The van der Waals surface area contributed by atoms with Crippen molar-refractivity contribution in [2.75, 3.05) is 45.2 Å². The van der Waals surface area contributed by atoms with Gasteiger partial charge >= 0.3 is 6.18 Å². The topological polar surface area (TPSA) is 55.8 Å². The fourth-order valence-electron chi connectivity index (χ4n) is 3.18. The van der Waals surface area contributed by atoms with Crippen LogP contribution in [0.15, 0.2) is 47.6 Å². The average molecular weight is 420 g/mol. The molecule has 1 saturated heterocycles. The van der Waals surface area contributed by atoms with Crippen molar-refractivity contribution in [1.82, 2.24) is 20.5 Å². The standard InChI is InChI=1S/C21H27F3N6/c1-25-20(27-14-16-3-5-18(6-4-16)21(22,23)24)28-15-17-7-8-26-19(13-17)30-11-9-29(2)10-12-30/h3-8,13H,9-12,14-15H2,1-2H3,(H2,25,27,28). The van der Waals surface area contributed by atoms with Crippen LogP contribution in [-0.4, -0.2) is 56.1 Å². The Labute approximate surface area is 174 Å². The number of likely N-dealkylation sites (N-methyl/N-ethyl adjacent to an activating group) is 1. The average Bonchev–Trinajstić information content (AvgIpc) is 2.74. The van der Waals surface area contributed by atoms with Crippen LogP contribution in [0.3, 0.4) is 0 Å². The zero-order valence-corrected chi connectivity index (χ0v) is 17.2. The number of alkyl halides is 3. The third-order valence-electron chi connectivity index (χ3n) is 5.06. The molecule has 1 fully saturated rings. The second-order valence-electron chi connectivity index (χ2n) is 7.29. The van der Waals surface area contributed by atoms with Gasteiger partial charge in [0.25, 0.3) is 0 Å². The molecule has 2 heterocycles. The van der Waals surface area contributed by atoms with Crippen molar-refractivity contribution in [2.45, 2.75) is 19.3 Å². The number of pyridine rings is 1. The lowest BCUT2D eigenvalue weighted by Crippen LogP contribution is -2.44. The van der Waals surface area contributed by atoms with Crippen LogP contribution in [0.4, 0.5) is 19.0 Å². The minimum Gasteiger partial charge on any atom is -0.354 e. The van der Waals surface area contributed by atoms with E-state index in [1.807, 2.05) is 12.3 Å². The van der Waals surface area contributed by atoms with Gasteiger partial charge < -0.3 is 20.4 Å². The maximum absolute atomic E-state index is 12.7. The molecule has 0 spiro atoms. The SMILES string of the molecule is CN=C(NCc1ccc(C(F)(F)F)cc1)NCc1ccnc(N2CCN(C)CC2)c1. The highest BCUT2D eigenvalue weighted by Gasteiger charge is 2.29. The number of benzene rings is 1. The van der Waals surface area contributed by atoms with E-state index < -0.39 is 11.7 Å². The monoisotopic (exact) mass is 420 g/mol. The molecule has 9 heteroatoms. The van der Waals surface area contributed by atoms with Gasteiger partial charge in [-0.1, -0.05) is 12.1 Å². The molecule has 0 aliphatic carbocycles. The van der Waals surface area contributed by atoms with Crippen LogP contribution in [0.25, 0.3) is 0 Å². The number of anilines is 1. The van der Waals surface area contributed by atoms with Crippen molar-refractivity contribution in [3.63, 3.8) is 0 Å². The van der Waals surface area contributed by atoms with Gasteiger partial charge in [-0.2, -0.15) is 13.2 Å². The number of nitrogens with zero attached hydrogens (tertiary/aromatic N) is 4. The lowest BCUT2D eigenvalue weighted by Gasteiger charge is -2.33. The van der Waals surface area contributed by atoms with Crippen LogP contribution >= 0.6 is 0 Å². The molecule has 2 aromatic rings. The summed E-state index contributed by atoms with van der Waals surface area (Å²) in [5.41, 5.74) is 1.17. The summed E-state index contributed by atoms with van der Waals surface area (Å²) in [6.07, 6.45) is -2.51. The lowest BCUT2D eigenvalue weighted by atomic mass is 10.1. The Morgan fingerprint density at radius 1 is 1.00 bits per heavy atom. The molecule has 1 aliphatic heterocycles. The van der Waals surface area contributed by atoms with Crippen LogP contribution in [0.1, 0.15) is 16.7 Å². The first-order chi connectivity index (χ1) is 14.3. The first-order valence-corrected chi connectivity index (χ1v) is 9.84. The molecule has 6 nitrogen and oxygen atoms in total. The molecule has 1 aromatic carbocycles. The normalized spacial score (nSPS) is 15.9. The number of hydrogen-bond acceptors (Lipinski definition) is 4. The van der Waals surface area contributed by atoms with E-state index in [0.717, 1.165) is 55.3 Å². The molecular formula is C21H27F3N6. The number of hydrogen-bond donors (Lipinski definition) is 2. The summed E-state index contributed by atoms with van der Waals surface area (Å²) in [6.45, 7) is 4.89. The van der Waals surface area contributed by atoms with Crippen LogP contribution in [0.2, 0.25) is 0 Å². The molecule has 0 unspecified atom stereocenters. The van der Waals surface area contributed by atoms with E-state index in [4.69, 9.17) is 0 Å². The second-order valence-corrected chi connectivity index (χ2v) is 7.29. The number of piperazine rings is 1. The van der Waals surface area contributed by atoms with E-state index in [-0.39, 0.29) is 0 Å². The minimum absolute atomic E-state index is 0.376. The Bertz CT molecular complexity index is 843. The highest BCUT2D eigenvalue weighted by molar-refractivity contribution is 5.79. The van der Waals surface area contributed by atoms with Crippen LogP contribution in [0, 0.1) is 0 Å². The number of aromatic nitrogens is 1. The van der Waals surface area contributed by atoms with Gasteiger partial charge in [-0.05, 0) is 42.4 Å². The van der Waals surface area contributed by atoms with Crippen molar-refractivity contribution in [2.24, 2.45) is 4.99 Å². The Kier molecular flexibility index (Phi) is 7.15. The summed E-state index contributed by atoms with van der Waals surface area (Å²) in [5.74, 6) is 1.54. The van der Waals surface area contributed by atoms with Gasteiger partial charge in [0, 0.05) is 52.5 Å². The van der Waals surface area contributed by atoms with E-state index in [1.165, 1.54) is 12.1 Å². The molecule has 1 aromatic heterocycles. The fourth-order valence-corrected chi connectivity index (χ4v) is 3.18. The number of halogens is 3. The third-order valence-corrected chi connectivity index (χ3v) is 5.06. The first-order valence-electron chi connectivity index (χ1n) is 9.84. The zero-order valence-electron chi connectivity index (χ0n) is 17.2. The predicted molar refractivity (Wildman–Crippen MR) is 112 cm³/mol. The summed E-state index contributed by atoms with van der Waals surface area (Å²) in [7, 11) is 3.78. The van der Waals surface area contributed by atoms with Crippen molar-refractivity contribution in [3.05, 3.63) is 59.3 Å². The molecule has 30 heavy (non-hydrogen) atoms. The first kappa shape index (κ1) is 21.9. The summed E-state index contributed by atoms with van der Waals surface area (Å²) in [6, 6.07) is 9.13. The number of guanidine groups is 1. The second kappa shape index (κ2) is 9.80. The maximum atomic E-state index is 12.7. The van der Waals surface area contributed by atoms with Gasteiger partial charge in [-0.15, -0.1) is 0 Å². The zero-order chi connectivity index (χ0) is 21.6. The molecule has 3 rings (SSSR count). The molecule has 0 radical (unpaired) electrons. The van der Waals surface area contributed by atoms with E-state index in [0.29, 0.717) is 19.0 Å². The van der Waals surface area contributed by atoms with Crippen molar-refractivity contribution in [3.8, 4) is 0 Å². The van der Waals surface area contributed by atoms with Crippen molar-refractivity contribution in [1.29, 1.82) is 0 Å². The molecule has 2 N–H and O–H groups in total. The van der Waals surface area contributed by atoms with E-state index in [9.17, 15) is 13.2 Å². The molecule has 1 aliphatic rings. The number of rotatable bonds is 5. The van der Waals surface area contributed by atoms with Crippen molar-refractivity contribution < 1.29 is 13.2 Å². The van der Waals surface area contributed by atoms with Crippen LogP contribution < -0.4 is 15.5 Å². The molecule has 162 valence electrons. The summed E-state index contributed by atoms with van der Waals surface area (Å²) >= 11 is 0. The smallest absolute Gasteiger partial charge is 0.354 e. The molecule has 0 bridgehead atoms. The Balaban J connectivity index is 1.51. The van der Waals surface area contributed by atoms with Gasteiger partial charge in [0.15, 0.2) is 5.96 Å². The third kappa shape index (κ3) is 6.09. The van der Waals surface area contributed by atoms with E-state index in [1.54, 1.807) is 7.05 Å². The number of aliphatic imine (C=N–C) groups is 1. The molecular weight excluding hydrogens is 393 g/mol. The summed E-state index contributed by atoms with van der Waals surface area (Å²) in [5, 5.41) is 6.36. The van der Waals surface area contributed by atoms with Gasteiger partial charge in [0.1, 0.15) is 5.82 Å². The van der Waals surface area contributed by atoms with E-state index >= 15 is 0 Å². The summed E-state index contributed by atoms with van der Waals surface area (Å²) < 4.78 is 38.0. The molecule has 0 atom stereocenters. The van der Waals surface area contributed by atoms with Crippen LogP contribution in [0.5, 0.6) is 0 Å². The summed E-state index contributed by atoms with van der Waals surface area (Å²) in [4.78, 5) is 13.2. The Morgan fingerprint density at radius 3 is 2.23 bits per heavy atom. The Hall–Kier alpha value is -2.81. The van der Waals surface area contributed by atoms with Gasteiger partial charge in [0.2, 0.25) is 0 Å². The van der Waals surface area contributed by atoms with Gasteiger partial charge in [-0.25, -0.2) is 4.98 Å². The largest absolute Gasteiger partial charge is 0.416 e. The van der Waals surface area contributed by atoms with Gasteiger partial charge in [0.05, 0.1) is 5.56 Å². The van der Waals surface area contributed by atoms with E-state index in [2.05, 4.69) is 43.5 Å². The number of nitrogens with one attached hydrogen (secondary N) is 2. The minimum atomic E-state index is -4.32. The van der Waals surface area contributed by atoms with Gasteiger partial charge in [-0.3, -0.25) is 4.99 Å². The lowest BCUT2D eigenvalue weighted by molar-refractivity contribution is -0.137. The molecule has 0 amide bonds. The van der Waals surface area contributed by atoms with Crippen LogP contribution in [-0.2, 0) is 19.3 Å². The predicted octanol–water partition coefficient (Wildman–Crippen LogP) is 2.72. The Morgan fingerprint density at radius 2 is 1.63 bits per heavy atom. The highest BCUT2D eigenvalue weighted by Crippen LogP contribution is 2.29. The quantitative estimate of drug-likeness (QED) is 0.576. The maximum Gasteiger partial charge on any atom is 0.416 e. The highest BCUT2D eigenvalue weighted by atomic mass is 19.4. The van der Waals surface area contributed by atoms with Crippen molar-refractivity contribution >= 4 is 11.8 Å². The fraction of sp³-hybridized carbons (Fsp3) is 0.429. The molecule has 0 saturated carbocycles.